The Balaban J connectivity index is -0.000000405. The summed E-state index contributed by atoms with van der Waals surface area (Å²) < 4.78 is 5.81. The highest BCUT2D eigenvalue weighted by atomic mass is 16.5. The zero-order valence-electron chi connectivity index (χ0n) is 25.7. The molecular weight excluding hydrogens is 399 g/mol. The van der Waals surface area contributed by atoms with E-state index in [9.17, 15) is 0 Å². The van der Waals surface area contributed by atoms with Gasteiger partial charge in [0.1, 0.15) is 0 Å². The molecule has 33 heavy (non-hydrogen) atoms. The van der Waals surface area contributed by atoms with Gasteiger partial charge < -0.3 is 4.74 Å². The molecule has 2 atom stereocenters. The average Bonchev–Trinajstić information content (AvgIpc) is 2.67. The molecule has 0 spiro atoms. The quantitative estimate of drug-likeness (QED) is 0.375. The van der Waals surface area contributed by atoms with Crippen molar-refractivity contribution in [3.8, 4) is 0 Å². The molecule has 3 radical (unpaired) electrons. The number of hydrogen-bond acceptors (Lipinski definition) is 1. The fourth-order valence-electron chi connectivity index (χ4n) is 4.32. The Labute approximate surface area is 214 Å². The maximum Gasteiger partial charge on any atom is 0.0598 e. The molecule has 1 aliphatic carbocycles. The molecule has 1 nitrogen and oxygen atoms in total. The summed E-state index contributed by atoms with van der Waals surface area (Å²) in [6.07, 6.45) is 9.10. The van der Waals surface area contributed by atoms with Gasteiger partial charge in [0.15, 0.2) is 0 Å². The molecule has 2 fully saturated rings. The molecule has 0 aromatic heterocycles. The third kappa shape index (κ3) is 22.2. The molecule has 0 bridgehead atoms. The van der Waals surface area contributed by atoms with Gasteiger partial charge in [0.05, 0.1) is 12.7 Å². The van der Waals surface area contributed by atoms with Crippen LogP contribution in [-0.4, -0.2) is 21.1 Å². The minimum atomic E-state index is 0. The zero-order chi connectivity index (χ0) is 25.4. The van der Waals surface area contributed by atoms with Gasteiger partial charge in [-0.15, -0.1) is 0 Å². The molecule has 1 heterocycles. The first-order valence-electron chi connectivity index (χ1n) is 14.3. The van der Waals surface area contributed by atoms with E-state index in [0.717, 1.165) is 54.0 Å². The Hall–Kier alpha value is 0.0249. The van der Waals surface area contributed by atoms with E-state index >= 15 is 0 Å². The van der Waals surface area contributed by atoms with Gasteiger partial charge >= 0.3 is 0 Å². The number of hydrogen-bond donors (Lipinski definition) is 0. The van der Waals surface area contributed by atoms with Gasteiger partial charge in [0.25, 0.3) is 0 Å². The van der Waals surface area contributed by atoms with E-state index < -0.39 is 0 Å². The Morgan fingerprint density at radius 1 is 0.424 bits per heavy atom. The van der Waals surface area contributed by atoms with Crippen LogP contribution in [0.25, 0.3) is 0 Å². The summed E-state index contributed by atoms with van der Waals surface area (Å²) in [4.78, 5) is 0. The minimum absolute atomic E-state index is 0. The van der Waals surface area contributed by atoms with Crippen molar-refractivity contribution in [2.24, 2.45) is 53.3 Å². The maximum absolute atomic E-state index is 5.81. The van der Waals surface area contributed by atoms with Crippen molar-refractivity contribution < 1.29 is 4.74 Å². The van der Waals surface area contributed by atoms with Gasteiger partial charge in [0.2, 0.25) is 0 Å². The standard InChI is InChI=1S/C12H24.C11H22O.2C4H10.B/c1-9(2)11-5-7-12(8-6-11)10(3)4;1-8(2)10-5-6-11(9(3)4)12-7-10;2*1-4(2)3;/h9-12H,5-8H2,1-4H3;8-11H,5-7H2,1-4H3;2*4H,1-3H3;. The summed E-state index contributed by atoms with van der Waals surface area (Å²) in [7, 11) is 0. The monoisotopic (exact) mass is 466 g/mol. The van der Waals surface area contributed by atoms with Gasteiger partial charge in [-0.25, -0.2) is 0 Å². The van der Waals surface area contributed by atoms with Crippen molar-refractivity contribution in [2.75, 3.05) is 6.61 Å². The van der Waals surface area contributed by atoms with Crippen LogP contribution in [0.5, 0.6) is 0 Å². The third-order valence-corrected chi connectivity index (χ3v) is 6.73. The Morgan fingerprint density at radius 2 is 0.697 bits per heavy atom. The van der Waals surface area contributed by atoms with E-state index in [4.69, 9.17) is 4.74 Å². The lowest BCUT2D eigenvalue weighted by Crippen LogP contribution is -2.31. The summed E-state index contributed by atoms with van der Waals surface area (Å²) in [6, 6.07) is 0. The van der Waals surface area contributed by atoms with Crippen LogP contribution < -0.4 is 0 Å². The van der Waals surface area contributed by atoms with Crippen molar-refractivity contribution in [2.45, 2.75) is 142 Å². The molecule has 1 saturated carbocycles. The lowest BCUT2D eigenvalue weighted by molar-refractivity contribution is -0.0496. The van der Waals surface area contributed by atoms with Gasteiger partial charge in [-0.1, -0.05) is 96.9 Å². The summed E-state index contributed by atoms with van der Waals surface area (Å²) in [5.41, 5.74) is 0. The number of rotatable bonds is 4. The van der Waals surface area contributed by atoms with Crippen LogP contribution in [0.4, 0.5) is 0 Å². The Morgan fingerprint density at radius 3 is 0.879 bits per heavy atom. The van der Waals surface area contributed by atoms with Crippen LogP contribution in [0.1, 0.15) is 135 Å². The third-order valence-electron chi connectivity index (χ3n) is 6.73. The first-order chi connectivity index (χ1) is 14.7. The van der Waals surface area contributed by atoms with E-state index in [-0.39, 0.29) is 8.41 Å². The predicted octanol–water partition coefficient (Wildman–Crippen LogP) is 10.1. The summed E-state index contributed by atoms with van der Waals surface area (Å²) in [5.74, 6) is 7.84. The Bertz CT molecular complexity index is 308. The second-order valence-electron chi connectivity index (χ2n) is 13.3. The minimum Gasteiger partial charge on any atom is -0.378 e. The lowest BCUT2D eigenvalue weighted by atomic mass is 9.73. The smallest absolute Gasteiger partial charge is 0.0598 e. The zero-order valence-corrected chi connectivity index (χ0v) is 25.7. The molecule has 2 rings (SSSR count). The summed E-state index contributed by atoms with van der Waals surface area (Å²) >= 11 is 0. The van der Waals surface area contributed by atoms with E-state index in [1.807, 2.05) is 0 Å². The topological polar surface area (TPSA) is 9.23 Å². The molecule has 2 aliphatic rings. The van der Waals surface area contributed by atoms with Gasteiger partial charge in [-0.2, -0.15) is 0 Å². The van der Waals surface area contributed by atoms with Gasteiger partial charge in [0, 0.05) is 8.41 Å². The highest BCUT2D eigenvalue weighted by Gasteiger charge is 2.25. The average molecular weight is 466 g/mol. The molecular formula is C31H66BO. The van der Waals surface area contributed by atoms with E-state index in [1.165, 1.54) is 38.5 Å². The molecule has 2 unspecified atom stereocenters. The Kier molecular flexibility index (Phi) is 24.3. The van der Waals surface area contributed by atoms with Gasteiger partial charge in [-0.3, -0.25) is 0 Å². The lowest BCUT2D eigenvalue weighted by Gasteiger charge is -2.33. The van der Waals surface area contributed by atoms with Crippen molar-refractivity contribution >= 4 is 8.41 Å². The van der Waals surface area contributed by atoms with Crippen LogP contribution >= 0.6 is 0 Å². The maximum atomic E-state index is 5.81. The first kappa shape index (κ1) is 37.6. The second-order valence-corrected chi connectivity index (χ2v) is 13.3. The van der Waals surface area contributed by atoms with Crippen LogP contribution in [-0.2, 0) is 4.74 Å². The molecule has 0 aromatic rings. The summed E-state index contributed by atoms with van der Waals surface area (Å²) in [5, 5.41) is 0. The highest BCUT2D eigenvalue weighted by molar-refractivity contribution is 5.75. The van der Waals surface area contributed by atoms with Crippen LogP contribution in [0.2, 0.25) is 0 Å². The van der Waals surface area contributed by atoms with Crippen LogP contribution in [0.3, 0.4) is 0 Å². The molecule has 199 valence electrons. The first-order valence-corrected chi connectivity index (χ1v) is 14.3. The van der Waals surface area contributed by atoms with Crippen molar-refractivity contribution in [3.05, 3.63) is 0 Å². The van der Waals surface area contributed by atoms with E-state index in [1.54, 1.807) is 0 Å². The van der Waals surface area contributed by atoms with E-state index in [0.29, 0.717) is 12.0 Å². The SMILES string of the molecule is CC(C)C.CC(C)C.CC(C)C1CCC(C(C)C)CC1.CC(C)C1CCC(C(C)C)OC1.[B]. The van der Waals surface area contributed by atoms with E-state index in [2.05, 4.69) is 96.9 Å². The number of ether oxygens (including phenoxy) is 1. The molecule has 2 heteroatoms. The van der Waals surface area contributed by atoms with Gasteiger partial charge in [-0.05, 0) is 91.8 Å². The largest absolute Gasteiger partial charge is 0.378 e. The fraction of sp³-hybridized carbons (Fsp3) is 1.00. The fourth-order valence-corrected chi connectivity index (χ4v) is 4.32. The molecule has 1 saturated heterocycles. The van der Waals surface area contributed by atoms with Crippen LogP contribution in [0, 0.1) is 53.3 Å². The molecule has 0 N–H and O–H groups in total. The molecule has 1 aliphatic heterocycles. The molecule has 0 aromatic carbocycles. The van der Waals surface area contributed by atoms with Crippen molar-refractivity contribution in [3.63, 3.8) is 0 Å². The van der Waals surface area contributed by atoms with Crippen molar-refractivity contribution in [1.82, 2.24) is 0 Å². The van der Waals surface area contributed by atoms with Crippen molar-refractivity contribution in [1.29, 1.82) is 0 Å². The molecule has 0 amide bonds. The highest BCUT2D eigenvalue weighted by Crippen LogP contribution is 2.36. The normalized spacial score (nSPS) is 25.1. The predicted molar refractivity (Wildman–Crippen MR) is 154 cm³/mol. The second kappa shape index (κ2) is 21.3. The van der Waals surface area contributed by atoms with Crippen LogP contribution in [0.15, 0.2) is 0 Å². The summed E-state index contributed by atoms with van der Waals surface area (Å²) in [6.45, 7) is 32.6.